The monoisotopic (exact) mass is 365 g/mol. The minimum Gasteiger partial charge on any atom is -0.211 e. The van der Waals surface area contributed by atoms with Crippen LogP contribution in [0.2, 0.25) is 0 Å². The van der Waals surface area contributed by atoms with E-state index in [2.05, 4.69) is 11.6 Å². The van der Waals surface area contributed by atoms with Crippen molar-refractivity contribution >= 4 is 10.0 Å². The fourth-order valence-electron chi connectivity index (χ4n) is 2.97. The SMILES string of the molecule is CCC(CNS(=O)(=O)c1ccc(-c2ccccc2)cc1)c1ccccc1. The van der Waals surface area contributed by atoms with Crippen molar-refractivity contribution in [2.75, 3.05) is 6.54 Å². The summed E-state index contributed by atoms with van der Waals surface area (Å²) >= 11 is 0. The van der Waals surface area contributed by atoms with Gasteiger partial charge in [-0.05, 0) is 41.2 Å². The minimum absolute atomic E-state index is 0.162. The highest BCUT2D eigenvalue weighted by Gasteiger charge is 2.17. The van der Waals surface area contributed by atoms with Crippen molar-refractivity contribution < 1.29 is 8.42 Å². The molecule has 134 valence electrons. The van der Waals surface area contributed by atoms with E-state index in [1.807, 2.05) is 72.8 Å². The van der Waals surface area contributed by atoms with E-state index in [-0.39, 0.29) is 5.92 Å². The number of benzene rings is 3. The summed E-state index contributed by atoms with van der Waals surface area (Å²) in [7, 11) is -3.52. The quantitative estimate of drug-likeness (QED) is 0.652. The lowest BCUT2D eigenvalue weighted by Crippen LogP contribution is -2.28. The molecule has 0 heterocycles. The van der Waals surface area contributed by atoms with Crippen LogP contribution in [0.3, 0.4) is 0 Å². The molecule has 4 heteroatoms. The molecule has 3 nitrogen and oxygen atoms in total. The third-order valence-electron chi connectivity index (χ3n) is 4.56. The van der Waals surface area contributed by atoms with E-state index >= 15 is 0 Å². The van der Waals surface area contributed by atoms with Gasteiger partial charge in [0.2, 0.25) is 10.0 Å². The highest BCUT2D eigenvalue weighted by Crippen LogP contribution is 2.22. The van der Waals surface area contributed by atoms with Crippen LogP contribution in [0, 0.1) is 0 Å². The maximum Gasteiger partial charge on any atom is 0.240 e. The number of hydrogen-bond donors (Lipinski definition) is 1. The summed E-state index contributed by atoms with van der Waals surface area (Å²) in [5.41, 5.74) is 3.22. The van der Waals surface area contributed by atoms with E-state index in [4.69, 9.17) is 0 Å². The molecule has 0 spiro atoms. The Bertz CT molecular complexity index is 921. The number of nitrogens with one attached hydrogen (secondary N) is 1. The Labute approximate surface area is 155 Å². The Balaban J connectivity index is 1.72. The minimum atomic E-state index is -3.52. The van der Waals surface area contributed by atoms with Crippen LogP contribution >= 0.6 is 0 Å². The molecule has 0 aliphatic rings. The van der Waals surface area contributed by atoms with Gasteiger partial charge in [-0.25, -0.2) is 13.1 Å². The van der Waals surface area contributed by atoms with E-state index in [9.17, 15) is 8.42 Å². The van der Waals surface area contributed by atoms with Crippen LogP contribution in [0.1, 0.15) is 24.8 Å². The summed E-state index contributed by atoms with van der Waals surface area (Å²) in [4.78, 5) is 0.292. The van der Waals surface area contributed by atoms with Crippen LogP contribution in [-0.4, -0.2) is 15.0 Å². The van der Waals surface area contributed by atoms with Gasteiger partial charge in [0, 0.05) is 6.54 Å². The highest BCUT2D eigenvalue weighted by molar-refractivity contribution is 7.89. The van der Waals surface area contributed by atoms with Crippen molar-refractivity contribution in [1.82, 2.24) is 4.72 Å². The fraction of sp³-hybridized carbons (Fsp3) is 0.182. The molecule has 1 unspecified atom stereocenters. The summed E-state index contributed by atoms with van der Waals surface area (Å²) < 4.78 is 28.0. The van der Waals surface area contributed by atoms with E-state index in [1.54, 1.807) is 12.1 Å². The molecule has 0 saturated carbocycles. The summed E-state index contributed by atoms with van der Waals surface area (Å²) in [6.07, 6.45) is 0.874. The largest absolute Gasteiger partial charge is 0.240 e. The third kappa shape index (κ3) is 4.40. The Hall–Kier alpha value is -2.43. The van der Waals surface area contributed by atoms with Gasteiger partial charge >= 0.3 is 0 Å². The molecule has 3 aromatic carbocycles. The van der Waals surface area contributed by atoms with E-state index < -0.39 is 10.0 Å². The van der Waals surface area contributed by atoms with Gasteiger partial charge in [-0.15, -0.1) is 0 Å². The van der Waals surface area contributed by atoms with Crippen molar-refractivity contribution in [1.29, 1.82) is 0 Å². The van der Waals surface area contributed by atoms with Gasteiger partial charge in [-0.1, -0.05) is 79.7 Å². The first-order chi connectivity index (χ1) is 12.6. The van der Waals surface area contributed by atoms with Gasteiger partial charge in [-0.3, -0.25) is 0 Å². The predicted molar refractivity (Wildman–Crippen MR) is 107 cm³/mol. The summed E-state index contributed by atoms with van der Waals surface area (Å²) in [6, 6.07) is 26.9. The standard InChI is InChI=1S/C22H23NO2S/c1-2-18(19-9-5-3-6-10-19)17-23-26(24,25)22-15-13-21(14-16-22)20-11-7-4-8-12-20/h3-16,18,23H,2,17H2,1H3. The third-order valence-corrected chi connectivity index (χ3v) is 5.99. The molecular weight excluding hydrogens is 342 g/mol. The van der Waals surface area contributed by atoms with Gasteiger partial charge in [-0.2, -0.15) is 0 Å². The first-order valence-electron chi connectivity index (χ1n) is 8.80. The zero-order valence-corrected chi connectivity index (χ0v) is 15.6. The molecule has 0 saturated heterocycles. The van der Waals surface area contributed by atoms with Crippen molar-refractivity contribution in [3.05, 3.63) is 90.5 Å². The van der Waals surface area contributed by atoms with Crippen LogP contribution in [0.5, 0.6) is 0 Å². The van der Waals surface area contributed by atoms with Gasteiger partial charge in [0.25, 0.3) is 0 Å². The molecule has 0 aromatic heterocycles. The lowest BCUT2D eigenvalue weighted by molar-refractivity contribution is 0.566. The molecule has 0 aliphatic heterocycles. The molecule has 0 fully saturated rings. The normalized spacial score (nSPS) is 12.7. The Morgan fingerprint density at radius 3 is 1.88 bits per heavy atom. The summed E-state index contributed by atoms with van der Waals surface area (Å²) in [5.74, 6) is 0.162. The molecular formula is C22H23NO2S. The van der Waals surface area contributed by atoms with Crippen LogP contribution in [0.4, 0.5) is 0 Å². The molecule has 26 heavy (non-hydrogen) atoms. The zero-order chi connectivity index (χ0) is 18.4. The van der Waals surface area contributed by atoms with Crippen molar-refractivity contribution in [3.63, 3.8) is 0 Å². The molecule has 0 amide bonds. The van der Waals surface area contributed by atoms with Crippen molar-refractivity contribution in [3.8, 4) is 11.1 Å². The smallest absolute Gasteiger partial charge is 0.211 e. The topological polar surface area (TPSA) is 46.2 Å². The van der Waals surface area contributed by atoms with E-state index in [1.165, 1.54) is 0 Å². The van der Waals surface area contributed by atoms with Crippen molar-refractivity contribution in [2.24, 2.45) is 0 Å². The lowest BCUT2D eigenvalue weighted by atomic mass is 9.97. The van der Waals surface area contributed by atoms with Crippen LogP contribution < -0.4 is 4.72 Å². The average Bonchev–Trinajstić information content (AvgIpc) is 2.70. The number of rotatable bonds is 7. The van der Waals surface area contributed by atoms with Crippen LogP contribution in [0.15, 0.2) is 89.8 Å². The Kier molecular flexibility index (Phi) is 5.86. The Morgan fingerprint density at radius 1 is 0.769 bits per heavy atom. The molecule has 0 radical (unpaired) electrons. The van der Waals surface area contributed by atoms with Gasteiger partial charge < -0.3 is 0 Å². The van der Waals surface area contributed by atoms with Crippen LogP contribution in [0.25, 0.3) is 11.1 Å². The zero-order valence-electron chi connectivity index (χ0n) is 14.8. The second kappa shape index (κ2) is 8.30. The van der Waals surface area contributed by atoms with Gasteiger partial charge in [0.05, 0.1) is 4.90 Å². The van der Waals surface area contributed by atoms with Crippen molar-refractivity contribution in [2.45, 2.75) is 24.2 Å². The van der Waals surface area contributed by atoms with Gasteiger partial charge in [0.15, 0.2) is 0 Å². The lowest BCUT2D eigenvalue weighted by Gasteiger charge is -2.16. The molecule has 3 rings (SSSR count). The summed E-state index contributed by atoms with van der Waals surface area (Å²) in [5, 5.41) is 0. The molecule has 0 bridgehead atoms. The molecule has 1 N–H and O–H groups in total. The molecule has 0 aliphatic carbocycles. The molecule has 1 atom stereocenters. The first kappa shape index (κ1) is 18.4. The molecule has 3 aromatic rings. The highest BCUT2D eigenvalue weighted by atomic mass is 32.2. The number of sulfonamides is 1. The second-order valence-corrected chi connectivity index (χ2v) is 8.03. The maximum absolute atomic E-state index is 12.6. The Morgan fingerprint density at radius 2 is 1.31 bits per heavy atom. The predicted octanol–water partition coefficient (Wildman–Crippen LogP) is 4.83. The van der Waals surface area contributed by atoms with E-state index in [0.717, 1.165) is 23.1 Å². The van der Waals surface area contributed by atoms with Gasteiger partial charge in [0.1, 0.15) is 0 Å². The first-order valence-corrected chi connectivity index (χ1v) is 10.3. The van der Waals surface area contributed by atoms with E-state index in [0.29, 0.717) is 11.4 Å². The number of hydrogen-bond acceptors (Lipinski definition) is 2. The average molecular weight is 365 g/mol. The summed E-state index contributed by atoms with van der Waals surface area (Å²) in [6.45, 7) is 2.46. The maximum atomic E-state index is 12.6. The van der Waals surface area contributed by atoms with Crippen LogP contribution in [-0.2, 0) is 10.0 Å². The fourth-order valence-corrected chi connectivity index (χ4v) is 4.06. The second-order valence-electron chi connectivity index (χ2n) is 6.26.